The maximum atomic E-state index is 12.3. The third kappa shape index (κ3) is 6.53. The number of carbonyl (C=O) groups is 2. The SMILES string of the molecule is COc1ccc(Br)cc1/C=C/C(=O)NNC(=O)c1ccc(OC(C)C)c(OC)c1. The highest BCUT2D eigenvalue weighted by Crippen LogP contribution is 2.29. The van der Waals surface area contributed by atoms with Gasteiger partial charge in [-0.05, 0) is 56.3 Å². The second-order valence-electron chi connectivity index (χ2n) is 6.20. The Morgan fingerprint density at radius 1 is 0.966 bits per heavy atom. The van der Waals surface area contributed by atoms with Crippen LogP contribution in [0.4, 0.5) is 0 Å². The molecule has 2 rings (SSSR count). The maximum absolute atomic E-state index is 12.3. The van der Waals surface area contributed by atoms with Crippen molar-refractivity contribution < 1.29 is 23.8 Å². The van der Waals surface area contributed by atoms with Crippen LogP contribution >= 0.6 is 15.9 Å². The number of hydrogen-bond donors (Lipinski definition) is 2. The zero-order chi connectivity index (χ0) is 21.4. The van der Waals surface area contributed by atoms with Gasteiger partial charge in [0.1, 0.15) is 5.75 Å². The maximum Gasteiger partial charge on any atom is 0.269 e. The Morgan fingerprint density at radius 2 is 1.66 bits per heavy atom. The van der Waals surface area contributed by atoms with Crippen LogP contribution in [0.15, 0.2) is 46.9 Å². The summed E-state index contributed by atoms with van der Waals surface area (Å²) in [4.78, 5) is 24.3. The molecule has 0 radical (unpaired) electrons. The number of hydrazine groups is 1. The summed E-state index contributed by atoms with van der Waals surface area (Å²) in [5.74, 6) is 0.610. The molecule has 0 fully saturated rings. The molecule has 0 aliphatic carbocycles. The lowest BCUT2D eigenvalue weighted by molar-refractivity contribution is -0.117. The highest BCUT2D eigenvalue weighted by atomic mass is 79.9. The molecule has 0 aliphatic rings. The fourth-order valence-electron chi connectivity index (χ4n) is 2.39. The molecular weight excluding hydrogens is 440 g/mol. The molecule has 2 aromatic rings. The van der Waals surface area contributed by atoms with E-state index in [1.165, 1.54) is 13.2 Å². The standard InChI is InChI=1S/C21H23BrN2O5/c1-13(2)29-18-8-5-15(12-19(18)28-4)21(26)24-23-20(25)10-6-14-11-16(22)7-9-17(14)27-3/h5-13H,1-4H3,(H,23,25)(H,24,26)/b10-6+. The van der Waals surface area contributed by atoms with Gasteiger partial charge in [0.25, 0.3) is 11.8 Å². The lowest BCUT2D eigenvalue weighted by Gasteiger charge is -2.14. The number of ether oxygens (including phenoxy) is 3. The molecule has 0 atom stereocenters. The predicted octanol–water partition coefficient (Wildman–Crippen LogP) is 3.73. The number of carbonyl (C=O) groups excluding carboxylic acids is 2. The minimum absolute atomic E-state index is 0.0292. The van der Waals surface area contributed by atoms with Crippen LogP contribution in [-0.4, -0.2) is 32.1 Å². The van der Waals surface area contributed by atoms with E-state index in [4.69, 9.17) is 14.2 Å². The first-order valence-corrected chi connectivity index (χ1v) is 9.60. The van der Waals surface area contributed by atoms with Crippen molar-refractivity contribution in [2.24, 2.45) is 0 Å². The number of hydrogen-bond acceptors (Lipinski definition) is 5. The lowest BCUT2D eigenvalue weighted by Crippen LogP contribution is -2.40. The second kappa shape index (κ2) is 10.5. The van der Waals surface area contributed by atoms with E-state index in [1.54, 1.807) is 37.5 Å². The molecule has 0 aliphatic heterocycles. The molecule has 7 nitrogen and oxygen atoms in total. The molecular formula is C21H23BrN2O5. The van der Waals surface area contributed by atoms with Crippen LogP contribution in [0.3, 0.4) is 0 Å². The smallest absolute Gasteiger partial charge is 0.269 e. The zero-order valence-electron chi connectivity index (χ0n) is 16.6. The van der Waals surface area contributed by atoms with Crippen LogP contribution in [0, 0.1) is 0 Å². The molecule has 29 heavy (non-hydrogen) atoms. The molecule has 154 valence electrons. The number of rotatable bonds is 7. The Bertz CT molecular complexity index is 912. The monoisotopic (exact) mass is 462 g/mol. The predicted molar refractivity (Wildman–Crippen MR) is 114 cm³/mol. The quantitative estimate of drug-likeness (QED) is 0.483. The van der Waals surface area contributed by atoms with Gasteiger partial charge in [-0.3, -0.25) is 20.4 Å². The summed E-state index contributed by atoms with van der Waals surface area (Å²) in [6.45, 7) is 3.79. The molecule has 8 heteroatoms. The van der Waals surface area contributed by atoms with Gasteiger partial charge < -0.3 is 14.2 Å². The molecule has 0 heterocycles. The van der Waals surface area contributed by atoms with Crippen LogP contribution < -0.4 is 25.1 Å². The van der Waals surface area contributed by atoms with E-state index in [1.807, 2.05) is 26.0 Å². The van der Waals surface area contributed by atoms with Crippen molar-refractivity contribution in [2.75, 3.05) is 14.2 Å². The average molecular weight is 463 g/mol. The first kappa shape index (κ1) is 22.3. The Balaban J connectivity index is 2.00. The van der Waals surface area contributed by atoms with Gasteiger partial charge in [-0.1, -0.05) is 15.9 Å². The average Bonchev–Trinajstić information content (AvgIpc) is 2.70. The Kier molecular flexibility index (Phi) is 8.09. The fraction of sp³-hybridized carbons (Fsp3) is 0.238. The normalized spacial score (nSPS) is 10.7. The molecule has 2 aromatic carbocycles. The van der Waals surface area contributed by atoms with E-state index in [-0.39, 0.29) is 6.10 Å². The summed E-state index contributed by atoms with van der Waals surface area (Å²) < 4.78 is 17.0. The number of benzene rings is 2. The van der Waals surface area contributed by atoms with Gasteiger partial charge in [0.05, 0.1) is 20.3 Å². The topological polar surface area (TPSA) is 85.9 Å². The van der Waals surface area contributed by atoms with Gasteiger partial charge in [0.2, 0.25) is 0 Å². The molecule has 0 aromatic heterocycles. The number of nitrogens with one attached hydrogen (secondary N) is 2. The Labute approximate surface area is 178 Å². The molecule has 0 bridgehead atoms. The fourth-order valence-corrected chi connectivity index (χ4v) is 2.77. The molecule has 2 amide bonds. The molecule has 0 spiro atoms. The van der Waals surface area contributed by atoms with Gasteiger partial charge in [-0.15, -0.1) is 0 Å². The lowest BCUT2D eigenvalue weighted by atomic mass is 10.2. The Morgan fingerprint density at radius 3 is 2.31 bits per heavy atom. The highest BCUT2D eigenvalue weighted by molar-refractivity contribution is 9.10. The Hall–Kier alpha value is -3.00. The van der Waals surface area contributed by atoms with Crippen LogP contribution in [0.5, 0.6) is 17.2 Å². The summed E-state index contributed by atoms with van der Waals surface area (Å²) in [5.41, 5.74) is 5.73. The van der Waals surface area contributed by atoms with Crippen LogP contribution in [0.25, 0.3) is 6.08 Å². The van der Waals surface area contributed by atoms with E-state index < -0.39 is 11.8 Å². The van der Waals surface area contributed by atoms with E-state index in [2.05, 4.69) is 26.8 Å². The van der Waals surface area contributed by atoms with Crippen molar-refractivity contribution >= 4 is 33.8 Å². The van der Waals surface area contributed by atoms with Gasteiger partial charge in [0.15, 0.2) is 11.5 Å². The first-order chi connectivity index (χ1) is 13.8. The van der Waals surface area contributed by atoms with Gasteiger partial charge in [0, 0.05) is 21.7 Å². The summed E-state index contributed by atoms with van der Waals surface area (Å²) in [6, 6.07) is 10.2. The largest absolute Gasteiger partial charge is 0.496 e. The van der Waals surface area contributed by atoms with Crippen molar-refractivity contribution in [2.45, 2.75) is 20.0 Å². The van der Waals surface area contributed by atoms with Crippen LogP contribution in [-0.2, 0) is 4.79 Å². The second-order valence-corrected chi connectivity index (χ2v) is 7.11. The first-order valence-electron chi connectivity index (χ1n) is 8.80. The van der Waals surface area contributed by atoms with E-state index in [0.717, 1.165) is 4.47 Å². The minimum atomic E-state index is -0.493. The molecule has 2 N–H and O–H groups in total. The highest BCUT2D eigenvalue weighted by Gasteiger charge is 2.12. The van der Waals surface area contributed by atoms with Gasteiger partial charge in [-0.2, -0.15) is 0 Å². The van der Waals surface area contributed by atoms with Crippen molar-refractivity contribution in [3.8, 4) is 17.2 Å². The van der Waals surface area contributed by atoms with Crippen LogP contribution in [0.2, 0.25) is 0 Å². The van der Waals surface area contributed by atoms with Gasteiger partial charge >= 0.3 is 0 Å². The number of halogens is 1. The molecule has 0 saturated heterocycles. The van der Waals surface area contributed by atoms with Gasteiger partial charge in [-0.25, -0.2) is 0 Å². The van der Waals surface area contributed by atoms with Crippen molar-refractivity contribution in [3.05, 3.63) is 58.1 Å². The van der Waals surface area contributed by atoms with E-state index in [0.29, 0.717) is 28.4 Å². The number of amides is 2. The van der Waals surface area contributed by atoms with Crippen molar-refractivity contribution in [1.82, 2.24) is 10.9 Å². The molecule has 0 unspecified atom stereocenters. The summed E-state index contributed by atoms with van der Waals surface area (Å²) in [5, 5.41) is 0. The van der Waals surface area contributed by atoms with Crippen molar-refractivity contribution in [3.63, 3.8) is 0 Å². The van der Waals surface area contributed by atoms with E-state index >= 15 is 0 Å². The minimum Gasteiger partial charge on any atom is -0.496 e. The van der Waals surface area contributed by atoms with Crippen molar-refractivity contribution in [1.29, 1.82) is 0 Å². The summed E-state index contributed by atoms with van der Waals surface area (Å²) in [7, 11) is 3.04. The molecule has 0 saturated carbocycles. The van der Waals surface area contributed by atoms with Crippen LogP contribution in [0.1, 0.15) is 29.8 Å². The third-order valence-corrected chi connectivity index (χ3v) is 4.19. The summed E-state index contributed by atoms with van der Waals surface area (Å²) in [6.07, 6.45) is 2.86. The zero-order valence-corrected chi connectivity index (χ0v) is 18.2. The number of methoxy groups -OCH3 is 2. The third-order valence-electron chi connectivity index (χ3n) is 3.69. The van der Waals surface area contributed by atoms with E-state index in [9.17, 15) is 9.59 Å². The summed E-state index contributed by atoms with van der Waals surface area (Å²) >= 11 is 3.37.